The molecule has 0 aromatic carbocycles. The Morgan fingerprint density at radius 2 is 2.32 bits per heavy atom. The number of aromatic nitrogens is 2. The monoisotopic (exact) mass is 265 g/mol. The Morgan fingerprint density at radius 1 is 1.58 bits per heavy atom. The zero-order valence-corrected chi connectivity index (χ0v) is 11.3. The van der Waals surface area contributed by atoms with E-state index < -0.39 is 0 Å². The van der Waals surface area contributed by atoms with Crippen molar-refractivity contribution >= 4 is 11.5 Å². The van der Waals surface area contributed by atoms with Gasteiger partial charge in [0, 0.05) is 32.7 Å². The predicted octanol–water partition coefficient (Wildman–Crippen LogP) is 0.305. The first-order valence-electron chi connectivity index (χ1n) is 6.42. The van der Waals surface area contributed by atoms with Gasteiger partial charge in [-0.1, -0.05) is 0 Å². The van der Waals surface area contributed by atoms with Crippen molar-refractivity contribution in [1.29, 1.82) is 0 Å². The number of rotatable bonds is 7. The first-order chi connectivity index (χ1) is 9.11. The summed E-state index contributed by atoms with van der Waals surface area (Å²) in [5.41, 5.74) is 0.493. The molecule has 2 rings (SSSR count). The van der Waals surface area contributed by atoms with Gasteiger partial charge in [-0.05, 0) is 12.8 Å². The highest BCUT2D eigenvalue weighted by Gasteiger charge is 2.29. The van der Waals surface area contributed by atoms with Crippen molar-refractivity contribution in [2.24, 2.45) is 5.92 Å². The first-order valence-corrected chi connectivity index (χ1v) is 6.42. The predicted molar refractivity (Wildman–Crippen MR) is 71.4 cm³/mol. The summed E-state index contributed by atoms with van der Waals surface area (Å²) < 4.78 is 6.21. The number of carbonyl (C=O) groups is 1. The van der Waals surface area contributed by atoms with E-state index in [0.29, 0.717) is 13.2 Å². The van der Waals surface area contributed by atoms with Crippen LogP contribution in [0.4, 0.5) is 5.69 Å². The van der Waals surface area contributed by atoms with E-state index in [9.17, 15) is 9.59 Å². The third-order valence-corrected chi connectivity index (χ3v) is 3.27. The van der Waals surface area contributed by atoms with Gasteiger partial charge < -0.3 is 9.64 Å². The van der Waals surface area contributed by atoms with Gasteiger partial charge in [-0.25, -0.2) is 4.68 Å². The van der Waals surface area contributed by atoms with Crippen molar-refractivity contribution in [1.82, 2.24) is 9.78 Å². The molecule has 1 aliphatic rings. The van der Waals surface area contributed by atoms with Crippen LogP contribution in [0, 0.1) is 5.92 Å². The molecule has 1 aromatic heterocycles. The summed E-state index contributed by atoms with van der Waals surface area (Å²) in [6, 6.07) is 1.50. The third-order valence-electron chi connectivity index (χ3n) is 3.27. The van der Waals surface area contributed by atoms with Gasteiger partial charge in [0.25, 0.3) is 5.56 Å². The van der Waals surface area contributed by atoms with Gasteiger partial charge in [0.05, 0.1) is 18.5 Å². The number of ketones is 1. The molecule has 1 saturated carbocycles. The summed E-state index contributed by atoms with van der Waals surface area (Å²) in [5, 5.41) is 4.06. The van der Waals surface area contributed by atoms with E-state index in [1.54, 1.807) is 13.3 Å². The quantitative estimate of drug-likeness (QED) is 0.709. The Bertz CT molecular complexity index is 508. The molecule has 0 unspecified atom stereocenters. The number of hydrogen-bond acceptors (Lipinski definition) is 5. The minimum atomic E-state index is -0.240. The average Bonchev–Trinajstić information content (AvgIpc) is 3.22. The van der Waals surface area contributed by atoms with Crippen LogP contribution < -0.4 is 10.5 Å². The van der Waals surface area contributed by atoms with Crippen molar-refractivity contribution in [3.05, 3.63) is 22.6 Å². The Balaban J connectivity index is 2.03. The van der Waals surface area contributed by atoms with Gasteiger partial charge in [0.15, 0.2) is 5.78 Å². The number of nitrogens with zero attached hydrogens (tertiary/aromatic N) is 3. The number of anilines is 1. The lowest BCUT2D eigenvalue weighted by atomic mass is 10.2. The lowest BCUT2D eigenvalue weighted by molar-refractivity contribution is -0.121. The van der Waals surface area contributed by atoms with Gasteiger partial charge in [-0.15, -0.1) is 0 Å². The molecular weight excluding hydrogens is 246 g/mol. The standard InChI is InChI=1S/C13H19N3O3/c1-15(5-6-19-2)11-7-13(18)16(14-8-11)9-12(17)10-3-4-10/h7-8,10H,3-6,9H2,1-2H3. The Kier molecular flexibility index (Phi) is 4.31. The van der Waals surface area contributed by atoms with Crippen LogP contribution in [0.5, 0.6) is 0 Å². The molecule has 0 aliphatic heterocycles. The maximum absolute atomic E-state index is 11.9. The molecule has 1 fully saturated rings. The lowest BCUT2D eigenvalue weighted by Crippen LogP contribution is -2.29. The molecule has 0 atom stereocenters. The van der Waals surface area contributed by atoms with Crippen LogP contribution in [-0.4, -0.2) is 42.9 Å². The number of Topliss-reactive ketones (excluding diaryl/α,β-unsaturated/α-hetero) is 1. The smallest absolute Gasteiger partial charge is 0.269 e. The summed E-state index contributed by atoms with van der Waals surface area (Å²) in [5.74, 6) is 0.257. The van der Waals surface area contributed by atoms with Crippen LogP contribution in [0.1, 0.15) is 12.8 Å². The van der Waals surface area contributed by atoms with Crippen molar-refractivity contribution in [2.45, 2.75) is 19.4 Å². The summed E-state index contributed by atoms with van der Waals surface area (Å²) in [4.78, 5) is 25.4. The molecule has 19 heavy (non-hydrogen) atoms. The number of carbonyl (C=O) groups excluding carboxylic acids is 1. The number of likely N-dealkylation sites (N-methyl/N-ethyl adjacent to an activating group) is 1. The Labute approximate surface area is 112 Å². The highest BCUT2D eigenvalue weighted by molar-refractivity contribution is 5.82. The zero-order chi connectivity index (χ0) is 13.8. The van der Waals surface area contributed by atoms with E-state index in [0.717, 1.165) is 18.5 Å². The van der Waals surface area contributed by atoms with E-state index in [2.05, 4.69) is 5.10 Å². The van der Waals surface area contributed by atoms with Crippen LogP contribution in [-0.2, 0) is 16.1 Å². The van der Waals surface area contributed by atoms with E-state index in [1.807, 2.05) is 11.9 Å². The molecule has 1 aromatic rings. The minimum Gasteiger partial charge on any atom is -0.383 e. The van der Waals surface area contributed by atoms with E-state index in [-0.39, 0.29) is 23.8 Å². The second-order valence-corrected chi connectivity index (χ2v) is 4.86. The average molecular weight is 265 g/mol. The number of hydrogen-bond donors (Lipinski definition) is 0. The largest absolute Gasteiger partial charge is 0.383 e. The number of ether oxygens (including phenoxy) is 1. The summed E-state index contributed by atoms with van der Waals surface area (Å²) in [6.07, 6.45) is 3.51. The van der Waals surface area contributed by atoms with Crippen LogP contribution in [0.2, 0.25) is 0 Å². The number of methoxy groups -OCH3 is 1. The maximum Gasteiger partial charge on any atom is 0.269 e. The third kappa shape index (κ3) is 3.64. The molecule has 0 bridgehead atoms. The molecule has 104 valence electrons. The maximum atomic E-state index is 11.9. The van der Waals surface area contributed by atoms with Crippen LogP contribution in [0.3, 0.4) is 0 Å². The van der Waals surface area contributed by atoms with Gasteiger partial charge in [0.2, 0.25) is 0 Å². The normalized spacial score (nSPS) is 14.4. The molecule has 0 N–H and O–H groups in total. The Morgan fingerprint density at radius 3 is 2.89 bits per heavy atom. The molecule has 0 saturated heterocycles. The molecule has 1 aliphatic carbocycles. The van der Waals surface area contributed by atoms with E-state index in [1.165, 1.54) is 10.7 Å². The topological polar surface area (TPSA) is 64.4 Å². The SMILES string of the molecule is COCCN(C)c1cnn(CC(=O)C2CC2)c(=O)c1. The summed E-state index contributed by atoms with van der Waals surface area (Å²) in [6.45, 7) is 1.36. The fourth-order valence-corrected chi connectivity index (χ4v) is 1.79. The molecule has 6 heteroatoms. The van der Waals surface area contributed by atoms with Gasteiger partial charge in [-0.3, -0.25) is 9.59 Å². The second kappa shape index (κ2) is 5.97. The molecule has 0 amide bonds. The highest BCUT2D eigenvalue weighted by atomic mass is 16.5. The lowest BCUT2D eigenvalue weighted by Gasteiger charge is -2.18. The van der Waals surface area contributed by atoms with Crippen molar-refractivity contribution in [3.63, 3.8) is 0 Å². The molecular formula is C13H19N3O3. The molecule has 0 radical (unpaired) electrons. The fourth-order valence-electron chi connectivity index (χ4n) is 1.79. The summed E-state index contributed by atoms with van der Waals surface area (Å²) in [7, 11) is 3.50. The van der Waals surface area contributed by atoms with Crippen molar-refractivity contribution in [3.8, 4) is 0 Å². The van der Waals surface area contributed by atoms with Crippen molar-refractivity contribution < 1.29 is 9.53 Å². The Hall–Kier alpha value is -1.69. The molecule has 6 nitrogen and oxygen atoms in total. The minimum absolute atomic E-state index is 0.0889. The van der Waals surface area contributed by atoms with E-state index >= 15 is 0 Å². The van der Waals surface area contributed by atoms with Gasteiger partial charge >= 0.3 is 0 Å². The fraction of sp³-hybridized carbons (Fsp3) is 0.615. The highest BCUT2D eigenvalue weighted by Crippen LogP contribution is 2.29. The van der Waals surface area contributed by atoms with Crippen LogP contribution in [0.15, 0.2) is 17.1 Å². The van der Waals surface area contributed by atoms with Gasteiger partial charge in [-0.2, -0.15) is 5.10 Å². The van der Waals surface area contributed by atoms with Gasteiger partial charge in [0.1, 0.15) is 6.54 Å². The van der Waals surface area contributed by atoms with Crippen LogP contribution in [0.25, 0.3) is 0 Å². The molecule has 0 spiro atoms. The second-order valence-electron chi connectivity index (χ2n) is 4.86. The van der Waals surface area contributed by atoms with E-state index in [4.69, 9.17) is 4.74 Å². The van der Waals surface area contributed by atoms with Crippen molar-refractivity contribution in [2.75, 3.05) is 32.2 Å². The zero-order valence-electron chi connectivity index (χ0n) is 11.3. The molecule has 1 heterocycles. The first kappa shape index (κ1) is 13.7. The summed E-state index contributed by atoms with van der Waals surface area (Å²) >= 11 is 0. The van der Waals surface area contributed by atoms with Crippen LogP contribution >= 0.6 is 0 Å².